The molecular formula is C54H31BN4. The number of benzene rings is 9. The molecule has 5 heteroatoms. The Balaban J connectivity index is 1.26. The topological polar surface area (TPSA) is 57.4 Å². The molecule has 0 N–H and O–H groups in total. The van der Waals surface area contributed by atoms with Crippen molar-refractivity contribution in [3.05, 3.63) is 174 Å². The number of nitrogens with zero attached hydrogens (tertiary/aromatic N) is 4. The van der Waals surface area contributed by atoms with Crippen molar-refractivity contribution in [1.82, 2.24) is 9.13 Å². The number of aryl methyl sites for hydroxylation is 2. The minimum Gasteiger partial charge on any atom is -0.310 e. The summed E-state index contributed by atoms with van der Waals surface area (Å²) in [6, 6.07) is 59.7. The Bertz CT molecular complexity index is 3610. The van der Waals surface area contributed by atoms with E-state index in [9.17, 15) is 10.5 Å². The SMILES string of the molecule is Cc1cc(-c2ccccc2)cc(C)c1-c1cc2c3c(c1)-n1c4ccc(C#N)cc4c4c5ccccc5cc(c41)B3c1cc3ccccc3c3c4cc(C#N)ccc4n-2c13. The highest BCUT2D eigenvalue weighted by atomic mass is 15.0. The summed E-state index contributed by atoms with van der Waals surface area (Å²) < 4.78 is 5.00. The molecule has 0 bridgehead atoms. The van der Waals surface area contributed by atoms with Gasteiger partial charge in [-0.25, -0.2) is 0 Å². The van der Waals surface area contributed by atoms with Crippen molar-refractivity contribution in [3.8, 4) is 45.8 Å². The fourth-order valence-corrected chi connectivity index (χ4v) is 11.1. The third-order valence-corrected chi connectivity index (χ3v) is 13.3. The van der Waals surface area contributed by atoms with Gasteiger partial charge in [-0.15, -0.1) is 0 Å². The van der Waals surface area contributed by atoms with Gasteiger partial charge in [-0.1, -0.05) is 103 Å². The summed E-state index contributed by atoms with van der Waals surface area (Å²) in [5.41, 5.74) is 19.2. The van der Waals surface area contributed by atoms with Crippen LogP contribution in [0.5, 0.6) is 0 Å². The number of fused-ring (bicyclic) bond motifs is 14. The van der Waals surface area contributed by atoms with Gasteiger partial charge in [0.15, 0.2) is 0 Å². The van der Waals surface area contributed by atoms with Crippen LogP contribution in [0.2, 0.25) is 0 Å². The molecule has 2 aliphatic rings. The first-order chi connectivity index (χ1) is 29.0. The maximum atomic E-state index is 10.2. The van der Waals surface area contributed by atoms with E-state index in [1.165, 1.54) is 87.6 Å². The molecule has 0 radical (unpaired) electrons. The van der Waals surface area contributed by atoms with Crippen molar-refractivity contribution in [2.45, 2.75) is 13.8 Å². The quantitative estimate of drug-likeness (QED) is 0.165. The van der Waals surface area contributed by atoms with Crippen molar-refractivity contribution in [3.63, 3.8) is 0 Å². The minimum atomic E-state index is -0.0737. The molecule has 270 valence electrons. The van der Waals surface area contributed by atoms with Crippen molar-refractivity contribution < 1.29 is 0 Å². The van der Waals surface area contributed by atoms with Crippen LogP contribution in [0.25, 0.3) is 98.8 Å². The van der Waals surface area contributed by atoms with Gasteiger partial charge in [0.1, 0.15) is 0 Å². The number of hydrogen-bond donors (Lipinski definition) is 0. The first-order valence-electron chi connectivity index (χ1n) is 20.2. The van der Waals surface area contributed by atoms with Crippen LogP contribution in [0.4, 0.5) is 0 Å². The van der Waals surface area contributed by atoms with E-state index in [1.54, 1.807) is 0 Å². The summed E-state index contributed by atoms with van der Waals surface area (Å²) in [5, 5.41) is 29.7. The average Bonchev–Trinajstić information content (AvgIpc) is 3.80. The summed E-state index contributed by atoms with van der Waals surface area (Å²) in [5.74, 6) is 0. The van der Waals surface area contributed by atoms with E-state index < -0.39 is 0 Å². The third-order valence-electron chi connectivity index (χ3n) is 13.3. The van der Waals surface area contributed by atoms with Crippen LogP contribution in [0.1, 0.15) is 22.3 Å². The first kappa shape index (κ1) is 32.3. The van der Waals surface area contributed by atoms with Gasteiger partial charge in [-0.2, -0.15) is 10.5 Å². The predicted octanol–water partition coefficient (Wildman–Crippen LogP) is 11.0. The zero-order chi connectivity index (χ0) is 39.3. The van der Waals surface area contributed by atoms with Crippen LogP contribution in [0, 0.1) is 36.5 Å². The Morgan fingerprint density at radius 3 is 1.46 bits per heavy atom. The van der Waals surface area contributed by atoms with E-state index in [-0.39, 0.29) is 6.71 Å². The maximum Gasteiger partial charge on any atom is 0.252 e. The van der Waals surface area contributed by atoms with Gasteiger partial charge in [0.05, 0.1) is 45.3 Å². The lowest BCUT2D eigenvalue weighted by atomic mass is 9.34. The maximum absolute atomic E-state index is 10.2. The molecular weight excluding hydrogens is 715 g/mol. The average molecular weight is 747 g/mol. The molecule has 0 fully saturated rings. The van der Waals surface area contributed by atoms with Gasteiger partial charge in [0.2, 0.25) is 0 Å². The highest BCUT2D eigenvalue weighted by Gasteiger charge is 2.42. The van der Waals surface area contributed by atoms with E-state index in [1.807, 2.05) is 12.1 Å². The molecule has 11 aromatic rings. The molecule has 0 unspecified atom stereocenters. The Morgan fingerprint density at radius 2 is 0.949 bits per heavy atom. The zero-order valence-electron chi connectivity index (χ0n) is 32.3. The molecule has 0 atom stereocenters. The molecule has 9 aromatic carbocycles. The van der Waals surface area contributed by atoms with Crippen LogP contribution in [0.15, 0.2) is 152 Å². The number of nitriles is 2. The molecule has 59 heavy (non-hydrogen) atoms. The second-order valence-corrected chi connectivity index (χ2v) is 16.4. The molecule has 2 aromatic heterocycles. The molecule has 0 saturated heterocycles. The van der Waals surface area contributed by atoms with E-state index in [4.69, 9.17) is 0 Å². The molecule has 0 saturated carbocycles. The molecule has 0 amide bonds. The van der Waals surface area contributed by atoms with E-state index in [0.29, 0.717) is 11.1 Å². The van der Waals surface area contributed by atoms with E-state index >= 15 is 0 Å². The molecule has 4 nitrogen and oxygen atoms in total. The molecule has 13 rings (SSSR count). The fraction of sp³-hybridized carbons (Fsp3) is 0.0370. The number of rotatable bonds is 2. The van der Waals surface area contributed by atoms with E-state index in [0.717, 1.165) is 38.7 Å². The molecule has 0 aliphatic carbocycles. The standard InChI is InChI=1S/C54H31BN4/c1-30-20-37(34-10-4-3-5-11-34)21-31(2)49(30)38-26-47-52-48(27-38)59-46-19-17-33(29-57)23-42(46)51-40-15-9-7-13-36(40)25-44(54(51)59)55(52)43-24-35-12-6-8-14-39(35)50-41-22-32(28-56)16-18-45(41)58(47)53(43)50/h3-27H,1-2H3. The predicted molar refractivity (Wildman–Crippen MR) is 245 cm³/mol. The van der Waals surface area contributed by atoms with Gasteiger partial charge < -0.3 is 9.13 Å². The zero-order valence-corrected chi connectivity index (χ0v) is 32.3. The lowest BCUT2D eigenvalue weighted by molar-refractivity contribution is 1.14. The summed E-state index contributed by atoms with van der Waals surface area (Å²) in [4.78, 5) is 0. The Hall–Kier alpha value is -7.86. The Kier molecular flexibility index (Phi) is 6.22. The molecule has 0 spiro atoms. The third kappa shape index (κ3) is 4.11. The van der Waals surface area contributed by atoms with Gasteiger partial charge in [0, 0.05) is 32.9 Å². The van der Waals surface area contributed by atoms with Gasteiger partial charge in [-0.05, 0) is 134 Å². The van der Waals surface area contributed by atoms with Gasteiger partial charge in [-0.3, -0.25) is 0 Å². The van der Waals surface area contributed by atoms with Crippen LogP contribution in [-0.4, -0.2) is 15.8 Å². The molecule has 2 aliphatic heterocycles. The fourth-order valence-electron chi connectivity index (χ4n) is 11.1. The van der Waals surface area contributed by atoms with Crippen molar-refractivity contribution in [2.24, 2.45) is 0 Å². The Labute approximate surface area is 340 Å². The van der Waals surface area contributed by atoms with Crippen LogP contribution >= 0.6 is 0 Å². The van der Waals surface area contributed by atoms with Gasteiger partial charge in [0.25, 0.3) is 6.71 Å². The summed E-state index contributed by atoms with van der Waals surface area (Å²) >= 11 is 0. The number of hydrogen-bond acceptors (Lipinski definition) is 2. The highest BCUT2D eigenvalue weighted by molar-refractivity contribution is 7.00. The normalized spacial score (nSPS) is 12.5. The first-order valence-corrected chi connectivity index (χ1v) is 20.2. The summed E-state index contributed by atoms with van der Waals surface area (Å²) in [6.45, 7) is 4.41. The van der Waals surface area contributed by atoms with E-state index in [2.05, 4.69) is 175 Å². The largest absolute Gasteiger partial charge is 0.310 e. The lowest BCUT2D eigenvalue weighted by Crippen LogP contribution is -2.59. The smallest absolute Gasteiger partial charge is 0.252 e. The van der Waals surface area contributed by atoms with Crippen LogP contribution in [-0.2, 0) is 0 Å². The second kappa shape index (κ2) is 11.4. The lowest BCUT2D eigenvalue weighted by Gasteiger charge is -2.35. The summed E-state index contributed by atoms with van der Waals surface area (Å²) in [6.07, 6.45) is 0. The summed E-state index contributed by atoms with van der Waals surface area (Å²) in [7, 11) is 0. The highest BCUT2D eigenvalue weighted by Crippen LogP contribution is 2.45. The van der Waals surface area contributed by atoms with Crippen molar-refractivity contribution in [2.75, 3.05) is 0 Å². The second-order valence-electron chi connectivity index (χ2n) is 16.4. The minimum absolute atomic E-state index is 0.0737. The number of aromatic nitrogens is 2. The van der Waals surface area contributed by atoms with Crippen molar-refractivity contribution in [1.29, 1.82) is 10.5 Å². The van der Waals surface area contributed by atoms with Crippen LogP contribution in [0.3, 0.4) is 0 Å². The monoisotopic (exact) mass is 746 g/mol. The molecule has 4 heterocycles. The van der Waals surface area contributed by atoms with Gasteiger partial charge >= 0.3 is 0 Å². The van der Waals surface area contributed by atoms with Crippen LogP contribution < -0.4 is 16.4 Å². The van der Waals surface area contributed by atoms with Crippen molar-refractivity contribution >= 4 is 88.3 Å². The Morgan fingerprint density at radius 1 is 0.458 bits per heavy atom.